The van der Waals surface area contributed by atoms with Gasteiger partial charge in [0.15, 0.2) is 0 Å². The standard InChI is InChI=1S/C43H48ClN7O6S2/c1-26(2)21-35(41(53)54)51(40(52)27(3)47-42(55)57-43(4,5)6)19-20-56-32-15-11-28(12-16-32)36-33(22-45)37(50-17-7-8-18-50)49-39(34(36)23-46)59-25-31-24-58-38(48-31)29-9-13-30(44)14-10-29/h9-16,24,26-27,35H,7-8,17-21,25H2,1-6H3,(H,47,55)(H,53,54)/t27-,35-/m0/s1. The molecule has 0 unspecified atom stereocenters. The molecule has 310 valence electrons. The van der Waals surface area contributed by atoms with E-state index < -0.39 is 35.7 Å². The number of nitrogens with zero attached hydrogens (tertiary/aromatic N) is 6. The number of anilines is 1. The number of benzene rings is 2. The lowest BCUT2D eigenvalue weighted by molar-refractivity contribution is -0.152. The van der Waals surface area contributed by atoms with E-state index in [1.165, 1.54) is 34.9 Å². The number of rotatable bonds is 16. The predicted octanol–water partition coefficient (Wildman–Crippen LogP) is 8.78. The lowest BCUT2D eigenvalue weighted by Gasteiger charge is -2.32. The number of thiazole rings is 1. The van der Waals surface area contributed by atoms with E-state index in [9.17, 15) is 30.0 Å². The molecule has 2 amide bonds. The number of halogens is 1. The Labute approximate surface area is 358 Å². The molecule has 2 aromatic heterocycles. The minimum atomic E-state index is -1.17. The van der Waals surface area contributed by atoms with E-state index >= 15 is 0 Å². The van der Waals surface area contributed by atoms with Crippen molar-refractivity contribution in [2.75, 3.05) is 31.1 Å². The van der Waals surface area contributed by atoms with E-state index in [4.69, 9.17) is 31.0 Å². The second-order valence-electron chi connectivity index (χ2n) is 15.5. The van der Waals surface area contributed by atoms with Gasteiger partial charge in [-0.05, 0) is 82.7 Å². The van der Waals surface area contributed by atoms with Gasteiger partial charge in [-0.2, -0.15) is 10.5 Å². The van der Waals surface area contributed by atoms with Crippen molar-refractivity contribution in [2.45, 2.75) is 89.3 Å². The molecule has 1 fully saturated rings. The molecule has 5 rings (SSSR count). The first kappa shape index (κ1) is 44.7. The van der Waals surface area contributed by atoms with Crippen LogP contribution in [0, 0.1) is 28.6 Å². The highest BCUT2D eigenvalue weighted by atomic mass is 35.5. The number of hydrogen-bond acceptors (Lipinski definition) is 12. The van der Waals surface area contributed by atoms with E-state index in [0.29, 0.717) is 44.1 Å². The molecule has 2 atom stereocenters. The van der Waals surface area contributed by atoms with Crippen LogP contribution in [-0.4, -0.2) is 81.9 Å². The van der Waals surface area contributed by atoms with Crippen LogP contribution in [0.2, 0.25) is 5.02 Å². The quantitative estimate of drug-likeness (QED) is 0.102. The summed E-state index contributed by atoms with van der Waals surface area (Å²) in [5.74, 6) is -0.371. The van der Waals surface area contributed by atoms with Crippen molar-refractivity contribution in [3.8, 4) is 39.6 Å². The largest absolute Gasteiger partial charge is 0.492 e. The lowest BCUT2D eigenvalue weighted by Crippen LogP contribution is -2.54. The van der Waals surface area contributed by atoms with Gasteiger partial charge in [0, 0.05) is 40.4 Å². The number of carboxylic acid groups (broad SMARTS) is 1. The normalized spacial score (nSPS) is 13.6. The number of thioether (sulfide) groups is 1. The molecule has 0 spiro atoms. The summed E-state index contributed by atoms with van der Waals surface area (Å²) in [6, 6.07) is 16.9. The summed E-state index contributed by atoms with van der Waals surface area (Å²) in [7, 11) is 0. The van der Waals surface area contributed by atoms with E-state index in [1.807, 2.05) is 43.5 Å². The van der Waals surface area contributed by atoms with Gasteiger partial charge in [-0.3, -0.25) is 4.79 Å². The summed E-state index contributed by atoms with van der Waals surface area (Å²) < 4.78 is 11.3. The number of hydrogen-bond donors (Lipinski definition) is 2. The van der Waals surface area contributed by atoms with E-state index in [-0.39, 0.29) is 31.1 Å². The number of nitriles is 2. The molecule has 0 saturated carbocycles. The summed E-state index contributed by atoms with van der Waals surface area (Å²) in [6.45, 7) is 11.7. The molecule has 3 heterocycles. The van der Waals surface area contributed by atoms with Crippen LogP contribution in [0.1, 0.15) is 77.6 Å². The highest BCUT2D eigenvalue weighted by Crippen LogP contribution is 2.40. The smallest absolute Gasteiger partial charge is 0.408 e. The molecular formula is C43H48ClN7O6S2. The van der Waals surface area contributed by atoms with E-state index in [1.54, 1.807) is 45.0 Å². The molecule has 1 aliphatic rings. The second kappa shape index (κ2) is 20.1. The summed E-state index contributed by atoms with van der Waals surface area (Å²) in [6.07, 6.45) is 1.34. The van der Waals surface area contributed by atoms with E-state index in [2.05, 4.69) is 22.4 Å². The van der Waals surface area contributed by atoms with Gasteiger partial charge in [0.05, 0.1) is 17.8 Å². The van der Waals surface area contributed by atoms with Gasteiger partial charge in [0.25, 0.3) is 0 Å². The third-order valence-corrected chi connectivity index (χ3v) is 11.5. The number of nitrogens with one attached hydrogen (secondary N) is 1. The van der Waals surface area contributed by atoms with Gasteiger partial charge >= 0.3 is 12.1 Å². The zero-order chi connectivity index (χ0) is 42.9. The molecular weight excluding hydrogens is 810 g/mol. The number of aliphatic carboxylic acids is 1. The van der Waals surface area contributed by atoms with Crippen LogP contribution < -0.4 is 15.0 Å². The molecule has 2 aromatic carbocycles. The fraction of sp³-hybridized carbons (Fsp3) is 0.419. The number of amides is 2. The number of alkyl carbamates (subject to hydrolysis) is 1. The summed E-state index contributed by atoms with van der Waals surface area (Å²) in [4.78, 5) is 51.6. The molecule has 0 bridgehead atoms. The number of carboxylic acids is 1. The molecule has 59 heavy (non-hydrogen) atoms. The molecule has 1 aliphatic heterocycles. The predicted molar refractivity (Wildman–Crippen MR) is 230 cm³/mol. The maximum absolute atomic E-state index is 13.7. The van der Waals surface area contributed by atoms with Crippen LogP contribution in [-0.2, 0) is 20.1 Å². The molecule has 0 radical (unpaired) electrons. The van der Waals surface area contributed by atoms with Crippen LogP contribution in [0.25, 0.3) is 21.7 Å². The average Bonchev–Trinajstić information content (AvgIpc) is 3.90. The number of carbonyl (C=O) groups is 3. The Morgan fingerprint density at radius 2 is 1.64 bits per heavy atom. The van der Waals surface area contributed by atoms with Crippen LogP contribution >= 0.6 is 34.7 Å². The number of aromatic nitrogens is 2. The molecule has 13 nitrogen and oxygen atoms in total. The zero-order valence-electron chi connectivity index (χ0n) is 34.0. The topological polar surface area (TPSA) is 182 Å². The Morgan fingerprint density at radius 3 is 2.24 bits per heavy atom. The maximum Gasteiger partial charge on any atom is 0.408 e. The lowest BCUT2D eigenvalue weighted by atomic mass is 9.96. The van der Waals surface area contributed by atoms with Gasteiger partial charge in [0.1, 0.15) is 63.6 Å². The highest BCUT2D eigenvalue weighted by Gasteiger charge is 2.34. The van der Waals surface area contributed by atoms with Crippen molar-refractivity contribution >= 4 is 58.5 Å². The van der Waals surface area contributed by atoms with Gasteiger partial charge < -0.3 is 29.7 Å². The van der Waals surface area contributed by atoms with E-state index in [0.717, 1.165) is 42.2 Å². The van der Waals surface area contributed by atoms with Gasteiger partial charge in [-0.1, -0.05) is 61.5 Å². The van der Waals surface area contributed by atoms with Crippen molar-refractivity contribution in [3.63, 3.8) is 0 Å². The zero-order valence-corrected chi connectivity index (χ0v) is 36.3. The molecule has 0 aliphatic carbocycles. The Morgan fingerprint density at radius 1 is 1.00 bits per heavy atom. The molecule has 2 N–H and O–H groups in total. The Hall–Kier alpha value is -5.35. The van der Waals surface area contributed by atoms with Crippen LogP contribution in [0.5, 0.6) is 5.75 Å². The summed E-state index contributed by atoms with van der Waals surface area (Å²) in [5.41, 5.74) is 2.69. The van der Waals surface area contributed by atoms with Crippen LogP contribution in [0.4, 0.5) is 10.6 Å². The second-order valence-corrected chi connectivity index (χ2v) is 17.7. The first-order valence-electron chi connectivity index (χ1n) is 19.3. The minimum Gasteiger partial charge on any atom is -0.492 e. The third-order valence-electron chi connectivity index (χ3n) is 9.26. The van der Waals surface area contributed by atoms with Crippen molar-refractivity contribution in [1.29, 1.82) is 10.5 Å². The van der Waals surface area contributed by atoms with Crippen LogP contribution in [0.15, 0.2) is 58.9 Å². The first-order chi connectivity index (χ1) is 28.1. The van der Waals surface area contributed by atoms with Crippen LogP contribution in [0.3, 0.4) is 0 Å². The number of carbonyl (C=O) groups excluding carboxylic acids is 2. The SMILES string of the molecule is CC(C)C[C@@H](C(=O)O)N(CCOc1ccc(-c2c(C#N)c(SCc3csc(-c4ccc(Cl)cc4)n3)nc(N3CCCC3)c2C#N)cc1)C(=O)[C@H](C)NC(=O)OC(C)(C)C. The summed E-state index contributed by atoms with van der Waals surface area (Å²) >= 11 is 8.99. The summed E-state index contributed by atoms with van der Waals surface area (Å²) in [5, 5.41) is 37.7. The maximum atomic E-state index is 13.7. The molecule has 16 heteroatoms. The van der Waals surface area contributed by atoms with Gasteiger partial charge in [-0.15, -0.1) is 11.3 Å². The van der Waals surface area contributed by atoms with Crippen molar-refractivity contribution in [3.05, 3.63) is 75.8 Å². The average molecular weight is 858 g/mol. The van der Waals surface area contributed by atoms with Gasteiger partial charge in [0.2, 0.25) is 5.91 Å². The molecule has 4 aromatic rings. The minimum absolute atomic E-state index is 0.0380. The Bertz CT molecular complexity index is 2210. The van der Waals surface area contributed by atoms with Crippen molar-refractivity contribution < 1.29 is 29.0 Å². The number of pyridine rings is 1. The highest BCUT2D eigenvalue weighted by molar-refractivity contribution is 7.98. The Balaban J connectivity index is 1.38. The fourth-order valence-corrected chi connectivity index (χ4v) is 8.49. The monoisotopic (exact) mass is 857 g/mol. The fourth-order valence-electron chi connectivity index (χ4n) is 6.55. The van der Waals surface area contributed by atoms with Crippen molar-refractivity contribution in [2.24, 2.45) is 5.92 Å². The third kappa shape index (κ3) is 11.9. The van der Waals surface area contributed by atoms with Gasteiger partial charge in [-0.25, -0.2) is 19.6 Å². The number of ether oxygens (including phenoxy) is 2. The van der Waals surface area contributed by atoms with Crippen molar-refractivity contribution in [1.82, 2.24) is 20.2 Å². The Kier molecular flexibility index (Phi) is 15.2. The molecule has 1 saturated heterocycles. The first-order valence-corrected chi connectivity index (χ1v) is 21.5.